The summed E-state index contributed by atoms with van der Waals surface area (Å²) in [6, 6.07) is 0. The lowest BCUT2D eigenvalue weighted by atomic mass is 10.1. The zero-order chi connectivity index (χ0) is 12.3. The van der Waals surface area contributed by atoms with Gasteiger partial charge < -0.3 is 5.32 Å². The first kappa shape index (κ1) is 12.8. The normalized spacial score (nSPS) is 17.8. The highest BCUT2D eigenvalue weighted by molar-refractivity contribution is 7.09. The van der Waals surface area contributed by atoms with Gasteiger partial charge in [0.05, 0.1) is 17.2 Å². The number of aromatic nitrogens is 1. The van der Waals surface area contributed by atoms with E-state index < -0.39 is 12.7 Å². The van der Waals surface area contributed by atoms with Gasteiger partial charge in [-0.3, -0.25) is 0 Å². The first-order chi connectivity index (χ1) is 8.04. The molecule has 0 atom stereocenters. The smallest absolute Gasteiger partial charge is 0.303 e. The van der Waals surface area contributed by atoms with E-state index in [-0.39, 0.29) is 6.54 Å². The van der Waals surface area contributed by atoms with Crippen molar-refractivity contribution in [2.45, 2.75) is 44.3 Å². The Labute approximate surface area is 102 Å². The first-order valence-electron chi connectivity index (χ1n) is 5.76. The molecule has 1 N–H and O–H groups in total. The highest BCUT2D eigenvalue weighted by Gasteiger charge is 2.26. The molecular weight excluding hydrogens is 249 g/mol. The summed E-state index contributed by atoms with van der Waals surface area (Å²) in [6.07, 6.45) is 0.675. The Morgan fingerprint density at radius 3 is 2.71 bits per heavy atom. The lowest BCUT2D eigenvalue weighted by molar-refractivity contribution is -0.125. The lowest BCUT2D eigenvalue weighted by Gasteiger charge is -2.06. The van der Waals surface area contributed by atoms with Crippen molar-refractivity contribution in [1.29, 1.82) is 0 Å². The van der Waals surface area contributed by atoms with Crippen molar-refractivity contribution >= 4 is 11.3 Å². The molecule has 0 spiro atoms. The molecule has 0 bridgehead atoms. The van der Waals surface area contributed by atoms with Gasteiger partial charge in [-0.2, -0.15) is 13.2 Å². The van der Waals surface area contributed by atoms with Crippen molar-refractivity contribution in [2.24, 2.45) is 0 Å². The summed E-state index contributed by atoms with van der Waals surface area (Å²) in [5.74, 6) is 0.538. The van der Waals surface area contributed by atoms with Crippen molar-refractivity contribution in [1.82, 2.24) is 10.3 Å². The SMILES string of the molecule is FC(F)(F)CNCc1csc(C2CCCC2)n1. The van der Waals surface area contributed by atoms with Crippen LogP contribution < -0.4 is 5.32 Å². The second-order valence-electron chi connectivity index (χ2n) is 4.38. The topological polar surface area (TPSA) is 24.9 Å². The molecule has 2 nitrogen and oxygen atoms in total. The molecule has 1 heterocycles. The molecule has 0 aromatic carbocycles. The predicted molar refractivity (Wildman–Crippen MR) is 61.1 cm³/mol. The average molecular weight is 264 g/mol. The van der Waals surface area contributed by atoms with Crippen molar-refractivity contribution in [3.05, 3.63) is 16.1 Å². The van der Waals surface area contributed by atoms with Gasteiger partial charge in [0.2, 0.25) is 0 Å². The molecule has 6 heteroatoms. The van der Waals surface area contributed by atoms with E-state index >= 15 is 0 Å². The molecule has 1 aromatic heterocycles. The molecule has 96 valence electrons. The fourth-order valence-electron chi connectivity index (χ4n) is 2.10. The number of hydrogen-bond donors (Lipinski definition) is 1. The Bertz CT molecular complexity index is 356. The average Bonchev–Trinajstić information content (AvgIpc) is 2.83. The van der Waals surface area contributed by atoms with Crippen LogP contribution >= 0.6 is 11.3 Å². The molecule has 1 aromatic rings. The third-order valence-electron chi connectivity index (χ3n) is 2.91. The van der Waals surface area contributed by atoms with E-state index in [1.807, 2.05) is 5.38 Å². The molecule has 0 aliphatic heterocycles. The van der Waals surface area contributed by atoms with E-state index in [9.17, 15) is 13.2 Å². The molecule has 1 fully saturated rings. The van der Waals surface area contributed by atoms with Gasteiger partial charge in [0, 0.05) is 17.8 Å². The Kier molecular flexibility index (Phi) is 4.04. The largest absolute Gasteiger partial charge is 0.401 e. The molecule has 0 amide bonds. The molecule has 0 unspecified atom stereocenters. The molecule has 2 rings (SSSR count). The van der Waals surface area contributed by atoms with Crippen molar-refractivity contribution in [3.8, 4) is 0 Å². The number of thiazole rings is 1. The van der Waals surface area contributed by atoms with E-state index in [1.165, 1.54) is 25.7 Å². The maximum atomic E-state index is 11.9. The van der Waals surface area contributed by atoms with Gasteiger partial charge >= 0.3 is 6.18 Å². The Hall–Kier alpha value is -0.620. The van der Waals surface area contributed by atoms with Crippen LogP contribution in [0.2, 0.25) is 0 Å². The second-order valence-corrected chi connectivity index (χ2v) is 5.27. The van der Waals surface area contributed by atoms with Crippen LogP contribution in [0, 0.1) is 0 Å². The Balaban J connectivity index is 1.81. The van der Waals surface area contributed by atoms with Gasteiger partial charge in [0.25, 0.3) is 0 Å². The van der Waals surface area contributed by atoms with E-state index in [4.69, 9.17) is 0 Å². The van der Waals surface area contributed by atoms with Crippen LogP contribution in [0.1, 0.15) is 42.3 Å². The van der Waals surface area contributed by atoms with E-state index in [0.717, 1.165) is 10.7 Å². The van der Waals surface area contributed by atoms with Crippen LogP contribution in [0.3, 0.4) is 0 Å². The predicted octanol–water partition coefficient (Wildman–Crippen LogP) is 3.45. The fraction of sp³-hybridized carbons (Fsp3) is 0.727. The molecule has 0 saturated heterocycles. The third-order valence-corrected chi connectivity index (χ3v) is 3.96. The fourth-order valence-corrected chi connectivity index (χ4v) is 3.09. The Morgan fingerprint density at radius 2 is 2.06 bits per heavy atom. The number of alkyl halides is 3. The van der Waals surface area contributed by atoms with E-state index in [1.54, 1.807) is 11.3 Å². The lowest BCUT2D eigenvalue weighted by Crippen LogP contribution is -2.28. The summed E-state index contributed by atoms with van der Waals surface area (Å²) in [5, 5.41) is 5.31. The monoisotopic (exact) mass is 264 g/mol. The maximum Gasteiger partial charge on any atom is 0.401 e. The van der Waals surface area contributed by atoms with Gasteiger partial charge in [-0.25, -0.2) is 4.98 Å². The van der Waals surface area contributed by atoms with Gasteiger partial charge in [0.1, 0.15) is 0 Å². The van der Waals surface area contributed by atoms with Crippen molar-refractivity contribution in [3.63, 3.8) is 0 Å². The highest BCUT2D eigenvalue weighted by atomic mass is 32.1. The summed E-state index contributed by atoms with van der Waals surface area (Å²) in [5.41, 5.74) is 0.723. The van der Waals surface area contributed by atoms with Crippen LogP contribution in [0.25, 0.3) is 0 Å². The van der Waals surface area contributed by atoms with Crippen LogP contribution in [0.5, 0.6) is 0 Å². The summed E-state index contributed by atoms with van der Waals surface area (Å²) in [4.78, 5) is 4.40. The summed E-state index contributed by atoms with van der Waals surface area (Å²) < 4.78 is 35.8. The molecule has 17 heavy (non-hydrogen) atoms. The minimum Gasteiger partial charge on any atom is -0.303 e. The van der Waals surface area contributed by atoms with Crippen LogP contribution in [0.15, 0.2) is 5.38 Å². The number of nitrogens with zero attached hydrogens (tertiary/aromatic N) is 1. The molecule has 1 aliphatic rings. The van der Waals surface area contributed by atoms with Gasteiger partial charge in [-0.1, -0.05) is 12.8 Å². The van der Waals surface area contributed by atoms with Crippen LogP contribution in [-0.2, 0) is 6.54 Å². The highest BCUT2D eigenvalue weighted by Crippen LogP contribution is 2.35. The van der Waals surface area contributed by atoms with Crippen molar-refractivity contribution in [2.75, 3.05) is 6.54 Å². The number of rotatable bonds is 4. The Morgan fingerprint density at radius 1 is 1.35 bits per heavy atom. The summed E-state index contributed by atoms with van der Waals surface area (Å²) in [7, 11) is 0. The molecule has 1 aliphatic carbocycles. The van der Waals surface area contributed by atoms with Gasteiger partial charge in [0.15, 0.2) is 0 Å². The number of nitrogens with one attached hydrogen (secondary N) is 1. The first-order valence-corrected chi connectivity index (χ1v) is 6.64. The van der Waals surface area contributed by atoms with E-state index in [0.29, 0.717) is 5.92 Å². The zero-order valence-electron chi connectivity index (χ0n) is 9.39. The standard InChI is InChI=1S/C11H15F3N2S/c12-11(13,14)7-15-5-9-6-17-10(16-9)8-3-1-2-4-8/h6,8,15H,1-5,7H2. The van der Waals surface area contributed by atoms with Gasteiger partial charge in [-0.05, 0) is 12.8 Å². The zero-order valence-corrected chi connectivity index (χ0v) is 10.2. The van der Waals surface area contributed by atoms with E-state index in [2.05, 4.69) is 10.3 Å². The number of halogens is 3. The quantitative estimate of drug-likeness (QED) is 0.901. The summed E-state index contributed by atoms with van der Waals surface area (Å²) in [6.45, 7) is -0.758. The minimum absolute atomic E-state index is 0.197. The molecule has 0 radical (unpaired) electrons. The van der Waals surface area contributed by atoms with Crippen molar-refractivity contribution < 1.29 is 13.2 Å². The molecular formula is C11H15F3N2S. The molecule has 1 saturated carbocycles. The van der Waals surface area contributed by atoms with Crippen LogP contribution in [-0.4, -0.2) is 17.7 Å². The maximum absolute atomic E-state index is 11.9. The minimum atomic E-state index is -4.15. The van der Waals surface area contributed by atoms with Gasteiger partial charge in [-0.15, -0.1) is 11.3 Å². The summed E-state index contributed by atoms with van der Waals surface area (Å²) >= 11 is 1.57. The number of hydrogen-bond acceptors (Lipinski definition) is 3. The third kappa shape index (κ3) is 3.96. The second kappa shape index (κ2) is 5.35. The van der Waals surface area contributed by atoms with Crippen LogP contribution in [0.4, 0.5) is 13.2 Å².